The van der Waals surface area contributed by atoms with Crippen molar-refractivity contribution < 1.29 is 4.79 Å². The largest absolute Gasteiger partial charge is 0.354 e. The number of benzene rings is 1. The Kier molecular flexibility index (Phi) is 6.25. The molecule has 0 saturated heterocycles. The zero-order valence-electron chi connectivity index (χ0n) is 13.6. The minimum absolute atomic E-state index is 0.0754. The minimum Gasteiger partial charge on any atom is -0.354 e. The Morgan fingerprint density at radius 2 is 1.75 bits per heavy atom. The summed E-state index contributed by atoms with van der Waals surface area (Å²) in [6, 6.07) is 10.7. The van der Waals surface area contributed by atoms with Crippen LogP contribution >= 0.6 is 0 Å². The average molecular weight is 275 g/mol. The van der Waals surface area contributed by atoms with E-state index in [1.807, 2.05) is 6.07 Å². The van der Waals surface area contributed by atoms with Crippen molar-refractivity contribution in [3.8, 4) is 0 Å². The normalized spacial score (nSPS) is 13.3. The molecular weight excluding hydrogens is 246 g/mol. The zero-order chi connectivity index (χ0) is 15.2. The molecule has 0 saturated carbocycles. The summed E-state index contributed by atoms with van der Waals surface area (Å²) in [7, 11) is 0. The van der Waals surface area contributed by atoms with Crippen molar-refractivity contribution in [1.29, 1.82) is 0 Å². The topological polar surface area (TPSA) is 29.1 Å². The number of nitrogens with one attached hydrogen (secondary N) is 1. The van der Waals surface area contributed by atoms with Gasteiger partial charge in [0.2, 0.25) is 5.91 Å². The van der Waals surface area contributed by atoms with Crippen molar-refractivity contribution in [3.63, 3.8) is 0 Å². The third-order valence-corrected chi connectivity index (χ3v) is 3.73. The number of hydrogen-bond donors (Lipinski definition) is 1. The van der Waals surface area contributed by atoms with Crippen molar-refractivity contribution in [2.24, 2.45) is 5.92 Å². The summed E-state index contributed by atoms with van der Waals surface area (Å²) >= 11 is 0. The molecule has 112 valence electrons. The summed E-state index contributed by atoms with van der Waals surface area (Å²) in [6.07, 6.45) is 2.54. The second kappa shape index (κ2) is 7.47. The molecule has 0 fully saturated rings. The molecule has 2 heteroatoms. The first-order valence-electron chi connectivity index (χ1n) is 7.66. The van der Waals surface area contributed by atoms with Gasteiger partial charge in [-0.2, -0.15) is 0 Å². The number of carbonyl (C=O) groups excluding carboxylic acids is 1. The maximum atomic E-state index is 11.9. The van der Waals surface area contributed by atoms with Crippen LogP contribution < -0.4 is 5.32 Å². The summed E-state index contributed by atoms with van der Waals surface area (Å²) in [5.74, 6) is 0.756. The molecule has 1 unspecified atom stereocenters. The van der Waals surface area contributed by atoms with Crippen molar-refractivity contribution in [3.05, 3.63) is 35.9 Å². The van der Waals surface area contributed by atoms with Gasteiger partial charge < -0.3 is 5.32 Å². The van der Waals surface area contributed by atoms with E-state index < -0.39 is 0 Å². The number of carbonyl (C=O) groups is 1. The van der Waals surface area contributed by atoms with Crippen LogP contribution in [0.25, 0.3) is 0 Å². The molecule has 0 aliphatic carbocycles. The van der Waals surface area contributed by atoms with Gasteiger partial charge in [0.05, 0.1) is 0 Å². The fourth-order valence-corrected chi connectivity index (χ4v) is 2.59. The van der Waals surface area contributed by atoms with Gasteiger partial charge in [-0.1, -0.05) is 58.0 Å². The second-order valence-corrected chi connectivity index (χ2v) is 6.86. The molecule has 1 aromatic rings. The predicted molar refractivity (Wildman–Crippen MR) is 85.8 cm³/mol. The standard InChI is InChI=1S/C18H29NO/c1-14(2)11-12-17(20)19-15(3)13-18(4,5)16-9-7-6-8-10-16/h6-10,14-15H,11-13H2,1-5H3,(H,19,20). The van der Waals surface area contributed by atoms with Gasteiger partial charge in [-0.15, -0.1) is 0 Å². The maximum Gasteiger partial charge on any atom is 0.220 e. The lowest BCUT2D eigenvalue weighted by molar-refractivity contribution is -0.122. The van der Waals surface area contributed by atoms with Gasteiger partial charge in [-0.25, -0.2) is 0 Å². The first-order chi connectivity index (χ1) is 9.31. The van der Waals surface area contributed by atoms with Crippen LogP contribution in [0.1, 0.15) is 59.4 Å². The molecule has 0 aliphatic heterocycles. The van der Waals surface area contributed by atoms with Crippen LogP contribution in [0.4, 0.5) is 0 Å². The molecule has 1 aromatic carbocycles. The Bertz CT molecular complexity index is 409. The number of hydrogen-bond acceptors (Lipinski definition) is 1. The highest BCUT2D eigenvalue weighted by Gasteiger charge is 2.23. The summed E-state index contributed by atoms with van der Waals surface area (Å²) in [5.41, 5.74) is 1.40. The first-order valence-corrected chi connectivity index (χ1v) is 7.66. The lowest BCUT2D eigenvalue weighted by Crippen LogP contribution is -2.37. The van der Waals surface area contributed by atoms with Crippen molar-refractivity contribution in [1.82, 2.24) is 5.32 Å². The Hall–Kier alpha value is -1.31. The Labute approximate surface area is 124 Å². The molecule has 0 radical (unpaired) electrons. The van der Waals surface area contributed by atoms with E-state index in [0.717, 1.165) is 12.8 Å². The number of amides is 1. The van der Waals surface area contributed by atoms with E-state index in [0.29, 0.717) is 12.3 Å². The summed E-state index contributed by atoms with van der Waals surface area (Å²) in [5, 5.41) is 3.12. The van der Waals surface area contributed by atoms with Gasteiger partial charge in [0.1, 0.15) is 0 Å². The van der Waals surface area contributed by atoms with Gasteiger partial charge in [-0.05, 0) is 36.7 Å². The van der Waals surface area contributed by atoms with Crippen molar-refractivity contribution in [2.75, 3.05) is 0 Å². The van der Waals surface area contributed by atoms with Crippen LogP contribution in [-0.2, 0) is 10.2 Å². The highest BCUT2D eigenvalue weighted by molar-refractivity contribution is 5.76. The van der Waals surface area contributed by atoms with Crippen LogP contribution in [0.15, 0.2) is 30.3 Å². The lowest BCUT2D eigenvalue weighted by Gasteiger charge is -2.29. The van der Waals surface area contributed by atoms with E-state index in [1.54, 1.807) is 0 Å². The summed E-state index contributed by atoms with van der Waals surface area (Å²) < 4.78 is 0. The van der Waals surface area contributed by atoms with Gasteiger partial charge in [0.15, 0.2) is 0 Å². The molecular formula is C18H29NO. The fraction of sp³-hybridized carbons (Fsp3) is 0.611. The third-order valence-electron chi connectivity index (χ3n) is 3.73. The molecule has 0 heterocycles. The zero-order valence-corrected chi connectivity index (χ0v) is 13.6. The third kappa shape index (κ3) is 5.77. The molecule has 2 nitrogen and oxygen atoms in total. The van der Waals surface area contributed by atoms with Gasteiger partial charge in [-0.3, -0.25) is 4.79 Å². The summed E-state index contributed by atoms with van der Waals surface area (Å²) in [4.78, 5) is 11.9. The van der Waals surface area contributed by atoms with E-state index >= 15 is 0 Å². The quantitative estimate of drug-likeness (QED) is 0.790. The molecule has 20 heavy (non-hydrogen) atoms. The minimum atomic E-state index is 0.0754. The average Bonchev–Trinajstić information content (AvgIpc) is 2.36. The monoisotopic (exact) mass is 275 g/mol. The lowest BCUT2D eigenvalue weighted by atomic mass is 9.79. The Morgan fingerprint density at radius 1 is 1.15 bits per heavy atom. The van der Waals surface area contributed by atoms with Gasteiger partial charge >= 0.3 is 0 Å². The molecule has 0 aliphatic rings. The Morgan fingerprint density at radius 3 is 2.30 bits per heavy atom. The van der Waals surface area contributed by atoms with E-state index in [9.17, 15) is 4.79 Å². The summed E-state index contributed by atoms with van der Waals surface area (Å²) in [6.45, 7) is 10.9. The highest BCUT2D eigenvalue weighted by atomic mass is 16.1. The molecule has 0 bridgehead atoms. The van der Waals surface area contributed by atoms with Gasteiger partial charge in [0, 0.05) is 12.5 Å². The van der Waals surface area contributed by atoms with E-state index in [-0.39, 0.29) is 17.4 Å². The SMILES string of the molecule is CC(C)CCC(=O)NC(C)CC(C)(C)c1ccccc1. The molecule has 1 amide bonds. The van der Waals surface area contributed by atoms with E-state index in [4.69, 9.17) is 0 Å². The van der Waals surface area contributed by atoms with Crippen LogP contribution in [-0.4, -0.2) is 11.9 Å². The predicted octanol–water partition coefficient (Wildman–Crippen LogP) is 4.30. The molecule has 0 spiro atoms. The van der Waals surface area contributed by atoms with Crippen LogP contribution in [0.2, 0.25) is 0 Å². The molecule has 1 N–H and O–H groups in total. The molecule has 1 rings (SSSR count). The maximum absolute atomic E-state index is 11.9. The van der Waals surface area contributed by atoms with Crippen molar-refractivity contribution >= 4 is 5.91 Å². The van der Waals surface area contributed by atoms with Gasteiger partial charge in [0.25, 0.3) is 0 Å². The van der Waals surface area contributed by atoms with Crippen LogP contribution in [0.5, 0.6) is 0 Å². The van der Waals surface area contributed by atoms with Crippen molar-refractivity contribution in [2.45, 2.75) is 65.3 Å². The molecule has 0 aromatic heterocycles. The number of rotatable bonds is 7. The smallest absolute Gasteiger partial charge is 0.220 e. The second-order valence-electron chi connectivity index (χ2n) is 6.86. The molecule has 1 atom stereocenters. The Balaban J connectivity index is 2.49. The van der Waals surface area contributed by atoms with Crippen LogP contribution in [0.3, 0.4) is 0 Å². The van der Waals surface area contributed by atoms with E-state index in [1.165, 1.54) is 5.56 Å². The first kappa shape index (κ1) is 16.7. The fourth-order valence-electron chi connectivity index (χ4n) is 2.59. The van der Waals surface area contributed by atoms with Crippen LogP contribution in [0, 0.1) is 5.92 Å². The highest BCUT2D eigenvalue weighted by Crippen LogP contribution is 2.28. The van der Waals surface area contributed by atoms with E-state index in [2.05, 4.69) is 64.2 Å².